The van der Waals surface area contributed by atoms with Gasteiger partial charge in [0.05, 0.1) is 0 Å². The maximum absolute atomic E-state index is 4.06. The van der Waals surface area contributed by atoms with Gasteiger partial charge < -0.3 is 4.90 Å². The molecule has 0 aromatic rings. The second-order valence-electron chi connectivity index (χ2n) is 3.16. The van der Waals surface area contributed by atoms with Crippen molar-refractivity contribution in [2.24, 2.45) is 0 Å². The van der Waals surface area contributed by atoms with Crippen LogP contribution in [0.4, 0.5) is 0 Å². The van der Waals surface area contributed by atoms with E-state index in [0.29, 0.717) is 5.94 Å². The van der Waals surface area contributed by atoms with Gasteiger partial charge in [-0.15, -0.1) is 0 Å². The van der Waals surface area contributed by atoms with Gasteiger partial charge in [0.15, 0.2) is 0 Å². The molecule has 1 saturated heterocycles. The average Bonchev–Trinajstić information content (AvgIpc) is 2.50. The van der Waals surface area contributed by atoms with Gasteiger partial charge in [0.2, 0.25) is 0 Å². The minimum absolute atomic E-state index is 0.669. The zero-order valence-corrected chi connectivity index (χ0v) is 7.64. The number of likely N-dealkylation sites (tertiary alicyclic amines) is 1. The largest absolute Gasteiger partial charge is 0.381 e. The number of allylic oxidation sites excluding steroid dienone is 1. The Hall–Kier alpha value is -0.395. The van der Waals surface area contributed by atoms with Gasteiger partial charge in [-0.3, -0.25) is 0 Å². The number of hydrogen-bond donors (Lipinski definition) is 0. The highest BCUT2D eigenvalue weighted by atomic mass is 15.2. The van der Waals surface area contributed by atoms with Gasteiger partial charge in [-0.05, 0) is 25.2 Å². The Bertz CT molecular complexity index is 144. The highest BCUT2D eigenvalue weighted by Gasteiger charge is 2.22. The second kappa shape index (κ2) is 3.84. The van der Waals surface area contributed by atoms with E-state index in [1.807, 2.05) is 0 Å². The van der Waals surface area contributed by atoms with Gasteiger partial charge in [0.1, 0.15) is 7.28 Å². The van der Waals surface area contributed by atoms with E-state index < -0.39 is 0 Å². The van der Waals surface area contributed by atoms with E-state index in [0.717, 1.165) is 6.42 Å². The topological polar surface area (TPSA) is 3.24 Å². The molecular formula is C9H17BN. The number of hydrogen-bond acceptors (Lipinski definition) is 1. The monoisotopic (exact) mass is 150 g/mol. The minimum atomic E-state index is 0.669. The summed E-state index contributed by atoms with van der Waals surface area (Å²) in [6.07, 6.45) is 3.73. The van der Waals surface area contributed by atoms with Crippen molar-refractivity contribution in [3.8, 4) is 0 Å². The van der Waals surface area contributed by atoms with Gasteiger partial charge in [-0.1, -0.05) is 20.3 Å². The molecule has 1 unspecified atom stereocenters. The standard InChI is InChI=1S/C9H17BN/c1-4-8(2)11-7-5-6-9(11)10-3/h9H,2,4-7H2,1,3H3. The van der Waals surface area contributed by atoms with E-state index in [4.69, 9.17) is 0 Å². The Balaban J connectivity index is 2.49. The van der Waals surface area contributed by atoms with Crippen LogP contribution in [0.15, 0.2) is 12.3 Å². The lowest BCUT2D eigenvalue weighted by Gasteiger charge is -2.27. The molecule has 1 heterocycles. The third-order valence-electron chi connectivity index (χ3n) is 2.50. The fourth-order valence-corrected chi connectivity index (χ4v) is 1.73. The fourth-order valence-electron chi connectivity index (χ4n) is 1.73. The Morgan fingerprint density at radius 3 is 3.00 bits per heavy atom. The normalized spacial score (nSPS) is 23.8. The van der Waals surface area contributed by atoms with Crippen LogP contribution in [-0.4, -0.2) is 24.7 Å². The van der Waals surface area contributed by atoms with Crippen LogP contribution in [0.2, 0.25) is 6.82 Å². The van der Waals surface area contributed by atoms with Crippen molar-refractivity contribution in [3.05, 3.63) is 12.3 Å². The maximum Gasteiger partial charge on any atom is 0.137 e. The summed E-state index contributed by atoms with van der Waals surface area (Å²) in [5.74, 6) is 0.669. The molecule has 61 valence electrons. The molecule has 0 aliphatic carbocycles. The molecule has 1 aliphatic rings. The summed E-state index contributed by atoms with van der Waals surface area (Å²) in [4.78, 5) is 2.43. The second-order valence-corrected chi connectivity index (χ2v) is 3.16. The van der Waals surface area contributed by atoms with Gasteiger partial charge in [-0.25, -0.2) is 0 Å². The summed E-state index contributed by atoms with van der Waals surface area (Å²) in [7, 11) is 2.29. The summed E-state index contributed by atoms with van der Waals surface area (Å²) < 4.78 is 0. The molecule has 0 spiro atoms. The van der Waals surface area contributed by atoms with Crippen molar-refractivity contribution in [1.29, 1.82) is 0 Å². The van der Waals surface area contributed by atoms with Gasteiger partial charge in [0, 0.05) is 12.2 Å². The smallest absolute Gasteiger partial charge is 0.137 e. The molecule has 2 heteroatoms. The molecule has 1 radical (unpaired) electrons. The Labute approximate surface area is 70.7 Å². The first kappa shape index (κ1) is 8.70. The number of rotatable bonds is 3. The van der Waals surface area contributed by atoms with Gasteiger partial charge >= 0.3 is 0 Å². The molecular weight excluding hydrogens is 133 g/mol. The molecule has 0 saturated carbocycles. The lowest BCUT2D eigenvalue weighted by molar-refractivity contribution is 0.382. The first-order chi connectivity index (χ1) is 5.29. The predicted molar refractivity (Wildman–Crippen MR) is 50.8 cm³/mol. The zero-order valence-electron chi connectivity index (χ0n) is 7.64. The van der Waals surface area contributed by atoms with Crippen LogP contribution < -0.4 is 0 Å². The van der Waals surface area contributed by atoms with E-state index in [2.05, 4.69) is 32.5 Å². The Morgan fingerprint density at radius 1 is 1.73 bits per heavy atom. The van der Waals surface area contributed by atoms with E-state index >= 15 is 0 Å². The minimum Gasteiger partial charge on any atom is -0.381 e. The molecule has 1 aliphatic heterocycles. The lowest BCUT2D eigenvalue weighted by atomic mass is 9.71. The summed E-state index contributed by atoms with van der Waals surface area (Å²) in [6, 6.07) is 0. The lowest BCUT2D eigenvalue weighted by Crippen LogP contribution is -2.31. The van der Waals surface area contributed by atoms with Crippen LogP contribution in [0.5, 0.6) is 0 Å². The van der Waals surface area contributed by atoms with Crippen molar-refractivity contribution in [2.45, 2.75) is 39.0 Å². The molecule has 11 heavy (non-hydrogen) atoms. The first-order valence-electron chi connectivity index (χ1n) is 4.53. The van der Waals surface area contributed by atoms with E-state index in [1.54, 1.807) is 0 Å². The zero-order chi connectivity index (χ0) is 8.27. The molecule has 1 fully saturated rings. The summed E-state index contributed by atoms with van der Waals surface area (Å²) in [5.41, 5.74) is 1.30. The van der Waals surface area contributed by atoms with Crippen molar-refractivity contribution >= 4 is 7.28 Å². The SMILES string of the molecule is C=C(CC)N1CCCC1[B]C. The van der Waals surface area contributed by atoms with Crippen LogP contribution in [-0.2, 0) is 0 Å². The molecule has 0 amide bonds. The Kier molecular flexibility index (Phi) is 3.04. The summed E-state index contributed by atoms with van der Waals surface area (Å²) in [5, 5.41) is 0. The summed E-state index contributed by atoms with van der Waals surface area (Å²) >= 11 is 0. The van der Waals surface area contributed by atoms with Crippen molar-refractivity contribution in [3.63, 3.8) is 0 Å². The van der Waals surface area contributed by atoms with Gasteiger partial charge in [-0.2, -0.15) is 0 Å². The van der Waals surface area contributed by atoms with Crippen molar-refractivity contribution in [2.75, 3.05) is 6.54 Å². The third kappa shape index (κ3) is 1.79. The van der Waals surface area contributed by atoms with Crippen LogP contribution >= 0.6 is 0 Å². The van der Waals surface area contributed by atoms with Crippen molar-refractivity contribution in [1.82, 2.24) is 4.90 Å². The van der Waals surface area contributed by atoms with Crippen LogP contribution in [0, 0.1) is 0 Å². The molecule has 1 rings (SSSR count). The third-order valence-corrected chi connectivity index (χ3v) is 2.50. The molecule has 0 aromatic carbocycles. The Morgan fingerprint density at radius 2 is 2.45 bits per heavy atom. The van der Waals surface area contributed by atoms with E-state index in [9.17, 15) is 0 Å². The maximum atomic E-state index is 4.06. The number of nitrogens with zero attached hydrogens (tertiary/aromatic N) is 1. The molecule has 1 atom stereocenters. The highest BCUT2D eigenvalue weighted by molar-refractivity contribution is 6.35. The highest BCUT2D eigenvalue weighted by Crippen LogP contribution is 2.21. The molecule has 1 nitrogen and oxygen atoms in total. The first-order valence-corrected chi connectivity index (χ1v) is 4.53. The predicted octanol–water partition coefficient (Wildman–Crippen LogP) is 2.08. The van der Waals surface area contributed by atoms with Crippen LogP contribution in [0.25, 0.3) is 0 Å². The van der Waals surface area contributed by atoms with E-state index in [-0.39, 0.29) is 0 Å². The van der Waals surface area contributed by atoms with Gasteiger partial charge in [0.25, 0.3) is 0 Å². The summed E-state index contributed by atoms with van der Waals surface area (Å²) in [6.45, 7) is 9.59. The van der Waals surface area contributed by atoms with Crippen LogP contribution in [0.3, 0.4) is 0 Å². The molecule has 0 bridgehead atoms. The quantitative estimate of drug-likeness (QED) is 0.556. The van der Waals surface area contributed by atoms with Crippen molar-refractivity contribution < 1.29 is 0 Å². The molecule has 0 N–H and O–H groups in total. The van der Waals surface area contributed by atoms with E-state index in [1.165, 1.54) is 25.1 Å². The van der Waals surface area contributed by atoms with Crippen LogP contribution in [0.1, 0.15) is 26.2 Å². The molecule has 0 aromatic heterocycles. The average molecular weight is 150 g/mol. The fraction of sp³-hybridized carbons (Fsp3) is 0.778.